The summed E-state index contributed by atoms with van der Waals surface area (Å²) < 4.78 is 26.9. The van der Waals surface area contributed by atoms with Gasteiger partial charge < -0.3 is 9.47 Å². The van der Waals surface area contributed by atoms with Crippen LogP contribution in [-0.2, 0) is 11.4 Å². The maximum absolute atomic E-state index is 13.3. The van der Waals surface area contributed by atoms with Crippen LogP contribution in [0.5, 0.6) is 11.5 Å². The molecule has 186 valence electrons. The van der Waals surface area contributed by atoms with Gasteiger partial charge in [0, 0.05) is 15.5 Å². The minimum Gasteiger partial charge on any atom is -0.490 e. The van der Waals surface area contributed by atoms with Gasteiger partial charge in [0.2, 0.25) is 0 Å². The Hall–Kier alpha value is -2.62. The first-order valence-corrected chi connectivity index (χ1v) is 13.7. The first kappa shape index (κ1) is 26.4. The summed E-state index contributed by atoms with van der Waals surface area (Å²) in [6, 6.07) is 17.5. The zero-order valence-electron chi connectivity index (χ0n) is 19.6. The maximum Gasteiger partial charge on any atom is 0.266 e. The third-order valence-corrected chi connectivity index (χ3v) is 7.43. The van der Waals surface area contributed by atoms with Crippen LogP contribution in [0.4, 0.5) is 10.1 Å². The zero-order chi connectivity index (χ0) is 25.7. The number of benzene rings is 3. The van der Waals surface area contributed by atoms with Gasteiger partial charge in [-0.05, 0) is 91.3 Å². The molecule has 3 aromatic carbocycles. The molecular formula is C27H23Br2FN2O3S. The minimum absolute atomic E-state index is 0.135. The number of ether oxygens (including phenoxy) is 2. The number of nitrogens with zero attached hydrogens (tertiary/aromatic N) is 2. The number of carbonyl (C=O) groups excluding carboxylic acids is 1. The van der Waals surface area contributed by atoms with E-state index in [2.05, 4.69) is 36.9 Å². The van der Waals surface area contributed by atoms with Crippen LogP contribution in [0.25, 0.3) is 6.08 Å². The molecule has 0 spiro atoms. The lowest BCUT2D eigenvalue weighted by molar-refractivity contribution is -0.122. The number of rotatable bonds is 8. The average Bonchev–Trinajstić information content (AvgIpc) is 3.16. The fourth-order valence-electron chi connectivity index (χ4n) is 3.42. The number of likely N-dealkylation sites (N-methyl/N-ethyl adjacent to an activating group) is 1. The highest BCUT2D eigenvalue weighted by molar-refractivity contribution is 9.10. The van der Waals surface area contributed by atoms with Crippen molar-refractivity contribution in [3.05, 3.63) is 91.5 Å². The Balaban J connectivity index is 1.60. The number of hydrogen-bond donors (Lipinski definition) is 0. The number of amides is 1. The van der Waals surface area contributed by atoms with Crippen molar-refractivity contribution in [3.8, 4) is 11.5 Å². The molecule has 0 bridgehead atoms. The summed E-state index contributed by atoms with van der Waals surface area (Å²) in [5.74, 6) is 0.727. The molecule has 5 nitrogen and oxygen atoms in total. The van der Waals surface area contributed by atoms with Crippen molar-refractivity contribution in [2.45, 2.75) is 20.5 Å². The Kier molecular flexibility index (Phi) is 8.87. The van der Waals surface area contributed by atoms with E-state index in [0.29, 0.717) is 47.0 Å². The second kappa shape index (κ2) is 12.1. The van der Waals surface area contributed by atoms with Crippen molar-refractivity contribution in [3.63, 3.8) is 0 Å². The van der Waals surface area contributed by atoms with E-state index in [1.165, 1.54) is 23.9 Å². The van der Waals surface area contributed by atoms with Gasteiger partial charge in [-0.1, -0.05) is 44.0 Å². The molecule has 1 heterocycles. The molecule has 1 saturated heterocycles. The molecular weight excluding hydrogens is 611 g/mol. The van der Waals surface area contributed by atoms with Crippen LogP contribution in [-0.4, -0.2) is 29.1 Å². The number of thioether (sulfide) groups is 1. The van der Waals surface area contributed by atoms with E-state index in [-0.39, 0.29) is 11.7 Å². The fourth-order valence-corrected chi connectivity index (χ4v) is 5.18. The van der Waals surface area contributed by atoms with Crippen LogP contribution in [0.15, 0.2) is 79.5 Å². The Labute approximate surface area is 230 Å². The van der Waals surface area contributed by atoms with Crippen molar-refractivity contribution >= 4 is 66.5 Å². The van der Waals surface area contributed by atoms with E-state index in [1.807, 2.05) is 56.3 Å². The van der Waals surface area contributed by atoms with Gasteiger partial charge in [-0.25, -0.2) is 9.38 Å². The van der Waals surface area contributed by atoms with E-state index in [0.717, 1.165) is 20.1 Å². The van der Waals surface area contributed by atoms with E-state index in [1.54, 1.807) is 17.0 Å². The summed E-state index contributed by atoms with van der Waals surface area (Å²) in [5, 5.41) is 0.552. The molecule has 4 rings (SSSR count). The van der Waals surface area contributed by atoms with Crippen molar-refractivity contribution in [1.29, 1.82) is 0 Å². The monoisotopic (exact) mass is 632 g/mol. The van der Waals surface area contributed by atoms with Gasteiger partial charge in [0.15, 0.2) is 16.7 Å². The molecule has 1 fully saturated rings. The molecule has 0 unspecified atom stereocenters. The van der Waals surface area contributed by atoms with Crippen LogP contribution in [0.2, 0.25) is 0 Å². The van der Waals surface area contributed by atoms with E-state index >= 15 is 0 Å². The number of aliphatic imine (C=N–C) groups is 1. The van der Waals surface area contributed by atoms with Crippen molar-refractivity contribution in [1.82, 2.24) is 4.90 Å². The summed E-state index contributed by atoms with van der Waals surface area (Å²) >= 11 is 8.34. The minimum atomic E-state index is -0.332. The standard InChI is InChI=1S/C27H23Br2FN2O3S/c1-3-32-26(33)25(36-27(32)31-21-11-9-20(30)10-12-21)14-18-13-23(34-4-2)24(15-22(18)29)35-16-17-5-7-19(28)8-6-17/h5-15H,3-4,16H2,1-2H3/b25-14+,31-27?. The lowest BCUT2D eigenvalue weighted by atomic mass is 10.1. The summed E-state index contributed by atoms with van der Waals surface area (Å²) in [6.07, 6.45) is 1.81. The molecule has 0 N–H and O–H groups in total. The van der Waals surface area contributed by atoms with Crippen LogP contribution in [0, 0.1) is 5.82 Å². The largest absolute Gasteiger partial charge is 0.490 e. The summed E-state index contributed by atoms with van der Waals surface area (Å²) in [7, 11) is 0. The lowest BCUT2D eigenvalue weighted by Gasteiger charge is -2.14. The normalized spacial score (nSPS) is 15.7. The van der Waals surface area contributed by atoms with E-state index in [9.17, 15) is 9.18 Å². The Morgan fingerprint density at radius 2 is 1.69 bits per heavy atom. The highest BCUT2D eigenvalue weighted by atomic mass is 79.9. The number of hydrogen-bond acceptors (Lipinski definition) is 5. The van der Waals surface area contributed by atoms with E-state index in [4.69, 9.17) is 9.47 Å². The quantitative estimate of drug-likeness (QED) is 0.236. The predicted octanol–water partition coefficient (Wildman–Crippen LogP) is 7.95. The topological polar surface area (TPSA) is 51.1 Å². The maximum atomic E-state index is 13.3. The molecule has 1 aliphatic rings. The highest BCUT2D eigenvalue weighted by Crippen LogP contribution is 2.39. The van der Waals surface area contributed by atoms with Crippen LogP contribution in [0.1, 0.15) is 25.0 Å². The molecule has 0 aromatic heterocycles. The summed E-state index contributed by atoms with van der Waals surface area (Å²) in [6.45, 7) is 5.13. The lowest BCUT2D eigenvalue weighted by Crippen LogP contribution is -2.28. The van der Waals surface area contributed by atoms with Crippen LogP contribution < -0.4 is 9.47 Å². The van der Waals surface area contributed by atoms with Crippen molar-refractivity contribution in [2.75, 3.05) is 13.2 Å². The van der Waals surface area contributed by atoms with Crippen molar-refractivity contribution in [2.24, 2.45) is 4.99 Å². The molecule has 1 amide bonds. The number of halogens is 3. The van der Waals surface area contributed by atoms with Crippen molar-refractivity contribution < 1.29 is 18.7 Å². The highest BCUT2D eigenvalue weighted by Gasteiger charge is 2.32. The van der Waals surface area contributed by atoms with Gasteiger partial charge in [-0.2, -0.15) is 0 Å². The third-order valence-electron chi connectivity index (χ3n) is 5.21. The predicted molar refractivity (Wildman–Crippen MR) is 150 cm³/mol. The Morgan fingerprint density at radius 1 is 1.00 bits per heavy atom. The van der Waals surface area contributed by atoms with Gasteiger partial charge in [0.25, 0.3) is 5.91 Å². The summed E-state index contributed by atoms with van der Waals surface area (Å²) in [5.41, 5.74) is 2.39. The molecule has 0 aliphatic carbocycles. The smallest absolute Gasteiger partial charge is 0.266 e. The number of carbonyl (C=O) groups is 1. The second-order valence-electron chi connectivity index (χ2n) is 7.70. The molecule has 3 aromatic rings. The molecule has 36 heavy (non-hydrogen) atoms. The average molecular weight is 634 g/mol. The summed E-state index contributed by atoms with van der Waals surface area (Å²) in [4.78, 5) is 19.8. The fraction of sp³-hybridized carbons (Fsp3) is 0.185. The van der Waals surface area contributed by atoms with Gasteiger partial charge in [0.1, 0.15) is 12.4 Å². The van der Waals surface area contributed by atoms with Gasteiger partial charge in [0.05, 0.1) is 17.2 Å². The molecule has 0 radical (unpaired) electrons. The Morgan fingerprint density at radius 3 is 2.36 bits per heavy atom. The van der Waals surface area contributed by atoms with Crippen LogP contribution >= 0.6 is 43.6 Å². The van der Waals surface area contributed by atoms with Gasteiger partial charge >= 0.3 is 0 Å². The van der Waals surface area contributed by atoms with Gasteiger partial charge in [-0.3, -0.25) is 9.69 Å². The SMILES string of the molecule is CCOc1cc(/C=C2/SC(=Nc3ccc(F)cc3)N(CC)C2=O)c(Br)cc1OCc1ccc(Br)cc1. The molecule has 0 saturated carbocycles. The van der Waals surface area contributed by atoms with Crippen LogP contribution in [0.3, 0.4) is 0 Å². The molecule has 1 aliphatic heterocycles. The molecule has 9 heteroatoms. The van der Waals surface area contributed by atoms with Gasteiger partial charge in [-0.15, -0.1) is 0 Å². The zero-order valence-corrected chi connectivity index (χ0v) is 23.6. The van der Waals surface area contributed by atoms with E-state index < -0.39 is 0 Å². The number of amidine groups is 1. The first-order chi connectivity index (χ1) is 17.4. The first-order valence-electron chi connectivity index (χ1n) is 11.3. The Bertz CT molecular complexity index is 1310. The molecule has 0 atom stereocenters. The second-order valence-corrected chi connectivity index (χ2v) is 10.5. The third kappa shape index (κ3) is 6.38.